The van der Waals surface area contributed by atoms with Crippen LogP contribution in [0.3, 0.4) is 0 Å². The molecule has 0 unspecified atom stereocenters. The first-order valence-corrected chi connectivity index (χ1v) is 27.0. The number of esters is 2. The zero-order valence-electron chi connectivity index (χ0n) is 42.4. The third-order valence-electron chi connectivity index (χ3n) is 12.4. The molecule has 0 radical (unpaired) electrons. The van der Waals surface area contributed by atoms with Crippen molar-refractivity contribution < 1.29 is 131 Å². The smallest absolute Gasteiger partial charge is 0.790 e. The van der Waals surface area contributed by atoms with Gasteiger partial charge in [-0.15, -0.1) is 0 Å². The molecule has 2 heterocycles. The van der Waals surface area contributed by atoms with Crippen LogP contribution in [0.15, 0.2) is 0 Å². The number of phosphoric acid groups is 1. The van der Waals surface area contributed by atoms with Gasteiger partial charge in [-0.05, 0) is 26.2 Å². The predicted octanol–water partition coefficient (Wildman–Crippen LogP) is 1.48. The summed E-state index contributed by atoms with van der Waals surface area (Å²) >= 11 is 0. The average molecular weight is 996 g/mol. The first-order valence-electron chi connectivity index (χ1n) is 25.6. The maximum atomic E-state index is 13.6. The van der Waals surface area contributed by atoms with E-state index < -0.39 is 93.6 Å². The van der Waals surface area contributed by atoms with Gasteiger partial charge in [0.05, 0.1) is 20.5 Å². The molecule has 0 aromatic rings. The van der Waals surface area contributed by atoms with E-state index >= 15 is 0 Å². The van der Waals surface area contributed by atoms with E-state index in [1.165, 1.54) is 71.1 Å². The Morgan fingerprint density at radius 1 is 0.537 bits per heavy atom. The summed E-state index contributed by atoms with van der Waals surface area (Å²) in [6, 6.07) is -1.50. The van der Waals surface area contributed by atoms with Crippen LogP contribution in [-0.4, -0.2) is 101 Å². The predicted molar refractivity (Wildman–Crippen MR) is 243 cm³/mol. The fourth-order valence-electron chi connectivity index (χ4n) is 8.46. The molecule has 16 nitrogen and oxygen atoms in total. The van der Waals surface area contributed by atoms with Crippen molar-refractivity contribution in [3.63, 3.8) is 0 Å². The molecule has 4 N–H and O–H groups in total. The van der Waals surface area contributed by atoms with Crippen molar-refractivity contribution in [3.05, 3.63) is 0 Å². The Bertz CT molecular complexity index is 1320. The molecule has 0 saturated carbocycles. The Kier molecular flexibility index (Phi) is 40.9. The Morgan fingerprint density at radius 2 is 0.940 bits per heavy atom. The number of carbonyl (C=O) groups is 3. The number of rotatable bonds is 38. The van der Waals surface area contributed by atoms with Gasteiger partial charge in [-0.3, -0.25) is 14.4 Å². The van der Waals surface area contributed by atoms with Crippen molar-refractivity contribution in [2.75, 3.05) is 6.61 Å². The first-order chi connectivity index (χ1) is 31.2. The molecular weight excluding hydrogens is 907 g/mol. The molecule has 2 saturated heterocycles. The van der Waals surface area contributed by atoms with Crippen LogP contribution in [-0.2, 0) is 47.2 Å². The van der Waals surface area contributed by atoms with Gasteiger partial charge >= 0.3 is 71.1 Å². The van der Waals surface area contributed by atoms with Gasteiger partial charge in [0.25, 0.3) is 0 Å². The van der Waals surface area contributed by atoms with Gasteiger partial charge in [-0.2, -0.15) is 0 Å². The number of aliphatic hydroxyl groups is 3. The SMILES string of the molecule is CCCCCCCCCCCC(=O)N[C@H]1[C@H](OC(=O)CCCCCCCCCCC)O[C@H](CO[C@@H]2O[C@@H](C)[C@H](O)[C@@H](O)[C@H]2O)[C@@H](OP(=O)([O-])[O-])[C@@H]1OC(=O)CCCCCCCCCCC.[Na+].[Na+]. The average Bonchev–Trinajstić information content (AvgIpc) is 3.26. The molecule has 10 atom stereocenters. The molecule has 0 aromatic carbocycles. The molecule has 2 fully saturated rings. The van der Waals surface area contributed by atoms with Crippen molar-refractivity contribution in [1.82, 2.24) is 5.32 Å². The minimum Gasteiger partial charge on any atom is -0.790 e. The number of phosphoric ester groups is 1. The van der Waals surface area contributed by atoms with E-state index in [2.05, 4.69) is 26.1 Å². The van der Waals surface area contributed by atoms with Crippen molar-refractivity contribution in [1.29, 1.82) is 0 Å². The van der Waals surface area contributed by atoms with E-state index in [0.717, 1.165) is 89.9 Å². The molecule has 67 heavy (non-hydrogen) atoms. The monoisotopic (exact) mass is 996 g/mol. The number of ether oxygens (including phenoxy) is 5. The van der Waals surface area contributed by atoms with E-state index in [-0.39, 0.29) is 78.4 Å². The van der Waals surface area contributed by atoms with Crippen molar-refractivity contribution in [3.8, 4) is 0 Å². The normalized spacial score (nSPS) is 25.1. The number of unbranched alkanes of at least 4 members (excludes halogenated alkanes) is 24. The second kappa shape index (κ2) is 40.7. The molecule has 2 aliphatic rings. The number of aliphatic hydroxyl groups excluding tert-OH is 3. The summed E-state index contributed by atoms with van der Waals surface area (Å²) in [7, 11) is -5.87. The molecule has 19 heteroatoms. The van der Waals surface area contributed by atoms with Crippen LogP contribution in [0.5, 0.6) is 0 Å². The number of carbonyl (C=O) groups excluding carboxylic acids is 3. The molecule has 0 spiro atoms. The Morgan fingerprint density at radius 3 is 1.37 bits per heavy atom. The summed E-state index contributed by atoms with van der Waals surface area (Å²) in [5.74, 6) is -1.93. The van der Waals surface area contributed by atoms with Gasteiger partial charge in [0.1, 0.15) is 36.6 Å². The molecule has 0 bridgehead atoms. The van der Waals surface area contributed by atoms with E-state index in [1.807, 2.05) is 0 Å². The van der Waals surface area contributed by atoms with Crippen LogP contribution in [0.4, 0.5) is 0 Å². The summed E-state index contributed by atoms with van der Waals surface area (Å²) in [4.78, 5) is 65.5. The number of hydrogen-bond donors (Lipinski definition) is 4. The van der Waals surface area contributed by atoms with Crippen LogP contribution in [0.1, 0.15) is 220 Å². The van der Waals surface area contributed by atoms with Gasteiger partial charge in [0.15, 0.2) is 12.4 Å². The zero-order chi connectivity index (χ0) is 47.9. The Hall–Kier alpha value is 0.280. The van der Waals surface area contributed by atoms with E-state index in [4.69, 9.17) is 28.2 Å². The third-order valence-corrected chi connectivity index (χ3v) is 13.0. The minimum absolute atomic E-state index is 0. The minimum atomic E-state index is -5.87. The van der Waals surface area contributed by atoms with Gasteiger partial charge in [0, 0.05) is 19.3 Å². The van der Waals surface area contributed by atoms with E-state index in [1.54, 1.807) is 0 Å². The maximum Gasteiger partial charge on any atom is 1.00 e. The molecule has 2 rings (SSSR count). The Balaban J connectivity index is 0.0000218. The second-order valence-electron chi connectivity index (χ2n) is 18.3. The Labute approximate surface area is 447 Å². The summed E-state index contributed by atoms with van der Waals surface area (Å²) in [6.45, 7) is 7.26. The van der Waals surface area contributed by atoms with Crippen LogP contribution in [0.25, 0.3) is 0 Å². The van der Waals surface area contributed by atoms with Crippen LogP contribution in [0.2, 0.25) is 0 Å². The largest absolute Gasteiger partial charge is 1.00 e. The standard InChI is InChI=1S/C48H90NO15P.2Na/c1-5-8-11-14-17-20-23-26-29-32-38(50)49-41-46(62-39(51)33-30-27-24-21-18-15-12-9-6-2)45(64-65(56,57)58)37(35-59-48-44(55)43(54)42(53)36(4)60-48)61-47(41)63-40(52)34-31-28-25-22-19-16-13-10-7-3;;/h36-37,41-48,53-55H,5-35H2,1-4H3,(H,49,50)(H2,56,57,58);;/q;2*+1/p-2/t36-,37+,41+,42-,43+,44+,45+,46+,47-,48+;;/m0../s1. The summed E-state index contributed by atoms with van der Waals surface area (Å²) in [6.07, 6.45) is 13.0. The topological polar surface area (TPSA) is 242 Å². The molecule has 0 aliphatic carbocycles. The fraction of sp³-hybridized carbons (Fsp3) is 0.938. The first kappa shape index (κ1) is 67.3. The number of amides is 1. The van der Waals surface area contributed by atoms with Gasteiger partial charge in [-0.1, -0.05) is 175 Å². The van der Waals surface area contributed by atoms with Crippen LogP contribution < -0.4 is 74.2 Å². The molecule has 2 aliphatic heterocycles. The molecule has 382 valence electrons. The maximum absolute atomic E-state index is 13.6. The second-order valence-corrected chi connectivity index (χ2v) is 19.5. The van der Waals surface area contributed by atoms with Gasteiger partial charge in [-0.25, -0.2) is 0 Å². The van der Waals surface area contributed by atoms with Crippen molar-refractivity contribution in [2.45, 2.75) is 282 Å². The molecular formula is C48H88NNa2O15P. The van der Waals surface area contributed by atoms with E-state index in [9.17, 15) is 44.1 Å². The fourth-order valence-corrected chi connectivity index (χ4v) is 9.02. The van der Waals surface area contributed by atoms with E-state index in [0.29, 0.717) is 19.3 Å². The van der Waals surface area contributed by atoms with Gasteiger partial charge in [0.2, 0.25) is 12.2 Å². The zero-order valence-corrected chi connectivity index (χ0v) is 47.3. The number of hydrogen-bond acceptors (Lipinski definition) is 15. The molecule has 1 amide bonds. The van der Waals surface area contributed by atoms with Gasteiger partial charge < -0.3 is 63.2 Å². The summed E-state index contributed by atoms with van der Waals surface area (Å²) in [5, 5.41) is 34.0. The summed E-state index contributed by atoms with van der Waals surface area (Å²) < 4.78 is 46.7. The van der Waals surface area contributed by atoms with Crippen molar-refractivity contribution in [2.24, 2.45) is 0 Å². The quantitative estimate of drug-likeness (QED) is 0.0297. The summed E-state index contributed by atoms with van der Waals surface area (Å²) in [5.41, 5.74) is 0. The molecule has 0 aromatic heterocycles. The van der Waals surface area contributed by atoms with Crippen molar-refractivity contribution >= 4 is 25.7 Å². The number of nitrogens with one attached hydrogen (secondary N) is 1. The van der Waals surface area contributed by atoms with Crippen LogP contribution in [0, 0.1) is 0 Å². The third kappa shape index (κ3) is 30.2. The van der Waals surface area contributed by atoms with Crippen LogP contribution >= 0.6 is 7.82 Å².